The van der Waals surface area contributed by atoms with Crippen molar-refractivity contribution in [2.75, 3.05) is 22.4 Å². The Balaban J connectivity index is 2.89. The summed E-state index contributed by atoms with van der Waals surface area (Å²) in [7, 11) is -1.86. The van der Waals surface area contributed by atoms with Crippen LogP contribution in [-0.2, 0) is 14.8 Å². The third kappa shape index (κ3) is 5.26. The Morgan fingerprint density at radius 2 is 1.95 bits per heavy atom. The molecule has 0 radical (unpaired) electrons. The normalized spacial score (nSPS) is 11.9. The van der Waals surface area contributed by atoms with Gasteiger partial charge in [0, 0.05) is 12.7 Å². The lowest BCUT2D eigenvalue weighted by atomic mass is 10.2. The summed E-state index contributed by atoms with van der Waals surface area (Å²) in [6.07, 6.45) is -0.583. The van der Waals surface area contributed by atoms with Gasteiger partial charge in [-0.15, -0.1) is 0 Å². The molecule has 0 spiro atoms. The quantitative estimate of drug-likeness (QED) is 0.927. The van der Waals surface area contributed by atoms with Crippen LogP contribution in [0.15, 0.2) is 24.3 Å². The molecule has 0 unspecified atom stereocenters. The first kappa shape index (κ1) is 17.3. The predicted octanol–water partition coefficient (Wildman–Crippen LogP) is 2.82. The van der Waals surface area contributed by atoms with E-state index in [2.05, 4.69) is 5.32 Å². The number of carbonyl (C=O) groups excluding carboxylic acids is 1. The molecule has 118 valence electrons. The number of anilines is 2. The van der Waals surface area contributed by atoms with E-state index in [1.807, 2.05) is 0 Å². The first-order chi connectivity index (χ1) is 9.55. The number of benzene rings is 1. The molecule has 1 aromatic rings. The number of hydrogen-bond acceptors (Lipinski definition) is 4. The second kappa shape index (κ2) is 6.34. The monoisotopic (exact) mass is 314 g/mol. The SMILES string of the molecule is CCS(=O)(=O)N(C)c1cccc(NC(=O)OC(C)(C)C)c1. The van der Waals surface area contributed by atoms with E-state index in [1.54, 1.807) is 52.0 Å². The van der Waals surface area contributed by atoms with Crippen molar-refractivity contribution in [2.45, 2.75) is 33.3 Å². The van der Waals surface area contributed by atoms with Crippen molar-refractivity contribution in [2.24, 2.45) is 0 Å². The molecule has 0 aliphatic carbocycles. The third-order valence-corrected chi connectivity index (χ3v) is 4.41. The molecule has 0 fully saturated rings. The lowest BCUT2D eigenvalue weighted by molar-refractivity contribution is 0.0636. The van der Waals surface area contributed by atoms with Crippen molar-refractivity contribution in [1.29, 1.82) is 0 Å². The van der Waals surface area contributed by atoms with Gasteiger partial charge in [-0.1, -0.05) is 6.07 Å². The highest BCUT2D eigenvalue weighted by molar-refractivity contribution is 7.92. The number of nitrogens with one attached hydrogen (secondary N) is 1. The highest BCUT2D eigenvalue weighted by Gasteiger charge is 2.18. The number of sulfonamides is 1. The zero-order valence-electron chi connectivity index (χ0n) is 13.0. The molecular weight excluding hydrogens is 292 g/mol. The first-order valence-corrected chi connectivity index (χ1v) is 8.23. The minimum atomic E-state index is -3.34. The number of ether oxygens (including phenoxy) is 1. The van der Waals surface area contributed by atoms with Gasteiger partial charge in [0.25, 0.3) is 0 Å². The molecule has 1 amide bonds. The summed E-state index contributed by atoms with van der Waals surface area (Å²) >= 11 is 0. The van der Waals surface area contributed by atoms with E-state index in [0.717, 1.165) is 0 Å². The van der Waals surface area contributed by atoms with E-state index in [1.165, 1.54) is 11.4 Å². The highest BCUT2D eigenvalue weighted by atomic mass is 32.2. The van der Waals surface area contributed by atoms with Crippen molar-refractivity contribution in [3.63, 3.8) is 0 Å². The topological polar surface area (TPSA) is 75.7 Å². The minimum Gasteiger partial charge on any atom is -0.444 e. The van der Waals surface area contributed by atoms with Crippen molar-refractivity contribution in [1.82, 2.24) is 0 Å². The molecule has 1 N–H and O–H groups in total. The molecule has 0 aliphatic rings. The number of carbonyl (C=O) groups is 1. The van der Waals surface area contributed by atoms with Gasteiger partial charge >= 0.3 is 6.09 Å². The van der Waals surface area contributed by atoms with Gasteiger partial charge in [-0.2, -0.15) is 0 Å². The molecule has 0 aromatic heterocycles. The van der Waals surface area contributed by atoms with Crippen LogP contribution in [0.4, 0.5) is 16.2 Å². The predicted molar refractivity (Wildman–Crippen MR) is 84.2 cm³/mol. The molecule has 6 nitrogen and oxygen atoms in total. The number of hydrogen-bond donors (Lipinski definition) is 1. The van der Waals surface area contributed by atoms with Crippen LogP contribution >= 0.6 is 0 Å². The van der Waals surface area contributed by atoms with Crippen LogP contribution in [0.3, 0.4) is 0 Å². The van der Waals surface area contributed by atoms with Gasteiger partial charge in [0.2, 0.25) is 10.0 Å². The fraction of sp³-hybridized carbons (Fsp3) is 0.500. The molecule has 0 saturated carbocycles. The van der Waals surface area contributed by atoms with Gasteiger partial charge < -0.3 is 4.74 Å². The van der Waals surface area contributed by atoms with Crippen LogP contribution in [0.2, 0.25) is 0 Å². The van der Waals surface area contributed by atoms with Crippen LogP contribution in [0.5, 0.6) is 0 Å². The lowest BCUT2D eigenvalue weighted by Crippen LogP contribution is -2.28. The lowest BCUT2D eigenvalue weighted by Gasteiger charge is -2.21. The molecule has 0 heterocycles. The molecule has 0 saturated heterocycles. The third-order valence-electron chi connectivity index (χ3n) is 2.64. The van der Waals surface area contributed by atoms with Crippen molar-refractivity contribution in [3.05, 3.63) is 24.3 Å². The van der Waals surface area contributed by atoms with Gasteiger partial charge in [-0.3, -0.25) is 9.62 Å². The van der Waals surface area contributed by atoms with Crippen molar-refractivity contribution >= 4 is 27.5 Å². The van der Waals surface area contributed by atoms with E-state index < -0.39 is 21.7 Å². The maximum atomic E-state index is 11.8. The molecule has 21 heavy (non-hydrogen) atoms. The standard InChI is InChI=1S/C14H22N2O4S/c1-6-21(18,19)16(5)12-9-7-8-11(10-12)15-13(17)20-14(2,3)4/h7-10H,6H2,1-5H3,(H,15,17). The fourth-order valence-corrected chi connectivity index (χ4v) is 2.38. The minimum absolute atomic E-state index is 0.00716. The second-order valence-corrected chi connectivity index (χ2v) is 7.83. The van der Waals surface area contributed by atoms with Gasteiger partial charge in [0.15, 0.2) is 0 Å². The van der Waals surface area contributed by atoms with Crippen LogP contribution in [0.1, 0.15) is 27.7 Å². The molecule has 0 aliphatic heterocycles. The summed E-state index contributed by atoms with van der Waals surface area (Å²) in [6.45, 7) is 6.88. The molecular formula is C14H22N2O4S. The number of amides is 1. The molecule has 0 atom stereocenters. The highest BCUT2D eigenvalue weighted by Crippen LogP contribution is 2.21. The average molecular weight is 314 g/mol. The molecule has 1 rings (SSSR count). The molecule has 1 aromatic carbocycles. The van der Waals surface area contributed by atoms with E-state index in [-0.39, 0.29) is 5.75 Å². The zero-order valence-corrected chi connectivity index (χ0v) is 13.8. The van der Waals surface area contributed by atoms with Gasteiger partial charge in [-0.05, 0) is 45.9 Å². The van der Waals surface area contributed by atoms with Crippen LogP contribution in [0, 0.1) is 0 Å². The Kier molecular flexibility index (Phi) is 5.22. The summed E-state index contributed by atoms with van der Waals surface area (Å²) in [4.78, 5) is 11.7. The Labute approximate surface area is 126 Å². The van der Waals surface area contributed by atoms with E-state index >= 15 is 0 Å². The van der Waals surface area contributed by atoms with Crippen LogP contribution in [-0.4, -0.2) is 32.9 Å². The molecule has 0 bridgehead atoms. The smallest absolute Gasteiger partial charge is 0.412 e. The molecule has 7 heteroatoms. The Morgan fingerprint density at radius 3 is 2.48 bits per heavy atom. The number of rotatable bonds is 4. The van der Waals surface area contributed by atoms with Crippen LogP contribution < -0.4 is 9.62 Å². The van der Waals surface area contributed by atoms with E-state index in [0.29, 0.717) is 11.4 Å². The Morgan fingerprint density at radius 1 is 1.33 bits per heavy atom. The Bertz CT molecular complexity index is 606. The van der Waals surface area contributed by atoms with Crippen molar-refractivity contribution < 1.29 is 17.9 Å². The second-order valence-electron chi connectivity index (χ2n) is 5.55. The summed E-state index contributed by atoms with van der Waals surface area (Å²) < 4.78 is 30.0. The van der Waals surface area contributed by atoms with E-state index in [9.17, 15) is 13.2 Å². The summed E-state index contributed by atoms with van der Waals surface area (Å²) in [5, 5.41) is 2.58. The van der Waals surface area contributed by atoms with Gasteiger partial charge in [0.05, 0.1) is 11.4 Å². The fourth-order valence-electron chi connectivity index (χ4n) is 1.56. The van der Waals surface area contributed by atoms with Crippen LogP contribution in [0.25, 0.3) is 0 Å². The van der Waals surface area contributed by atoms with Gasteiger partial charge in [-0.25, -0.2) is 13.2 Å². The summed E-state index contributed by atoms with van der Waals surface area (Å²) in [5.41, 5.74) is 0.356. The zero-order chi connectivity index (χ0) is 16.3. The first-order valence-electron chi connectivity index (χ1n) is 6.62. The van der Waals surface area contributed by atoms with Gasteiger partial charge in [0.1, 0.15) is 5.60 Å². The van der Waals surface area contributed by atoms with Crippen molar-refractivity contribution in [3.8, 4) is 0 Å². The number of nitrogens with zero attached hydrogens (tertiary/aromatic N) is 1. The largest absolute Gasteiger partial charge is 0.444 e. The Hall–Kier alpha value is -1.76. The van der Waals surface area contributed by atoms with E-state index in [4.69, 9.17) is 4.74 Å². The average Bonchev–Trinajstić information content (AvgIpc) is 2.35. The maximum Gasteiger partial charge on any atom is 0.412 e. The maximum absolute atomic E-state index is 11.8. The summed E-state index contributed by atoms with van der Waals surface area (Å²) in [6, 6.07) is 6.58. The summed E-state index contributed by atoms with van der Waals surface area (Å²) in [5.74, 6) is 0.00716.